The molecule has 0 aliphatic carbocycles. The average Bonchev–Trinajstić information content (AvgIpc) is 2.10. The molecule has 0 radical (unpaired) electrons. The number of unbranched alkanes of at least 4 members (excludes halogenated alkanes) is 3. The van der Waals surface area contributed by atoms with Gasteiger partial charge in [-0.15, -0.1) is 0 Å². The predicted molar refractivity (Wildman–Crippen MR) is 51.0 cm³/mol. The Morgan fingerprint density at radius 2 is 2.00 bits per heavy atom. The van der Waals surface area contributed by atoms with Gasteiger partial charge in [0.25, 0.3) is 0 Å². The molecule has 0 spiro atoms. The summed E-state index contributed by atoms with van der Waals surface area (Å²) in [7, 11) is 0. The van der Waals surface area contributed by atoms with Crippen LogP contribution in [0.15, 0.2) is 12.2 Å². The van der Waals surface area contributed by atoms with Crippen molar-refractivity contribution < 1.29 is 10.2 Å². The molecule has 1 atom stereocenters. The van der Waals surface area contributed by atoms with E-state index in [0.29, 0.717) is 6.61 Å². The van der Waals surface area contributed by atoms with Gasteiger partial charge >= 0.3 is 0 Å². The molecule has 2 nitrogen and oxygen atoms in total. The molecular weight excluding hydrogens is 152 g/mol. The summed E-state index contributed by atoms with van der Waals surface area (Å²) in [5.74, 6) is 0. The van der Waals surface area contributed by atoms with Crippen LogP contribution in [0.4, 0.5) is 0 Å². The zero-order valence-corrected chi connectivity index (χ0v) is 7.87. The van der Waals surface area contributed by atoms with E-state index in [2.05, 4.69) is 0 Å². The first-order valence-electron chi connectivity index (χ1n) is 4.76. The van der Waals surface area contributed by atoms with Gasteiger partial charge in [0.05, 0.1) is 6.10 Å². The maximum Gasteiger partial charge on any atom is 0.0718 e. The molecule has 12 heavy (non-hydrogen) atoms. The molecule has 0 fully saturated rings. The third-order valence-electron chi connectivity index (χ3n) is 1.81. The fourth-order valence-corrected chi connectivity index (χ4v) is 0.940. The van der Waals surface area contributed by atoms with Gasteiger partial charge in [0.1, 0.15) is 0 Å². The third kappa shape index (κ3) is 7.76. The Morgan fingerprint density at radius 1 is 1.25 bits per heavy atom. The molecule has 0 aromatic heterocycles. The first kappa shape index (κ1) is 11.7. The Morgan fingerprint density at radius 3 is 2.58 bits per heavy atom. The molecule has 0 heterocycles. The lowest BCUT2D eigenvalue weighted by Gasteiger charge is -1.98. The van der Waals surface area contributed by atoms with Crippen molar-refractivity contribution >= 4 is 0 Å². The van der Waals surface area contributed by atoms with E-state index in [1.54, 1.807) is 0 Å². The van der Waals surface area contributed by atoms with Crippen molar-refractivity contribution in [3.05, 3.63) is 12.2 Å². The summed E-state index contributed by atoms with van der Waals surface area (Å²) in [5, 5.41) is 17.6. The van der Waals surface area contributed by atoms with Gasteiger partial charge in [-0.3, -0.25) is 0 Å². The summed E-state index contributed by atoms with van der Waals surface area (Å²) in [5.41, 5.74) is 0. The Labute approximate surface area is 74.9 Å². The van der Waals surface area contributed by atoms with Crippen LogP contribution in [-0.4, -0.2) is 22.9 Å². The van der Waals surface area contributed by atoms with Crippen LogP contribution in [0.25, 0.3) is 0 Å². The van der Waals surface area contributed by atoms with Gasteiger partial charge in [0.2, 0.25) is 0 Å². The van der Waals surface area contributed by atoms with Crippen LogP contribution in [0.1, 0.15) is 39.0 Å². The number of allylic oxidation sites excluding steroid dienone is 1. The zero-order chi connectivity index (χ0) is 9.23. The van der Waals surface area contributed by atoms with Crippen LogP contribution < -0.4 is 0 Å². The van der Waals surface area contributed by atoms with Crippen molar-refractivity contribution in [3.8, 4) is 0 Å². The summed E-state index contributed by atoms with van der Waals surface area (Å²) in [6, 6.07) is 0. The maximum absolute atomic E-state index is 9.13. The van der Waals surface area contributed by atoms with Gasteiger partial charge in [-0.1, -0.05) is 25.5 Å². The molecule has 0 bridgehead atoms. The smallest absolute Gasteiger partial charge is 0.0718 e. The topological polar surface area (TPSA) is 40.5 Å². The fraction of sp³-hybridized carbons (Fsp3) is 0.800. The Kier molecular flexibility index (Phi) is 8.51. The maximum atomic E-state index is 9.13. The molecular formula is C10H20O2. The lowest BCUT2D eigenvalue weighted by molar-refractivity contribution is 0.218. The molecule has 0 aromatic rings. The van der Waals surface area contributed by atoms with Crippen LogP contribution >= 0.6 is 0 Å². The number of hydrogen-bond donors (Lipinski definition) is 2. The normalized spacial score (nSPS) is 13.9. The minimum Gasteiger partial charge on any atom is -0.396 e. The molecule has 0 aliphatic rings. The Hall–Kier alpha value is -0.340. The Bertz CT molecular complexity index is 110. The van der Waals surface area contributed by atoms with E-state index in [-0.39, 0.29) is 6.10 Å². The molecule has 2 heteroatoms. The van der Waals surface area contributed by atoms with E-state index < -0.39 is 0 Å². The van der Waals surface area contributed by atoms with E-state index in [4.69, 9.17) is 10.2 Å². The molecule has 0 amide bonds. The SMILES string of the molecule is CCC(O)C=CCCCCCO. The second kappa shape index (κ2) is 8.75. The van der Waals surface area contributed by atoms with Crippen molar-refractivity contribution in [1.82, 2.24) is 0 Å². The lowest BCUT2D eigenvalue weighted by Crippen LogP contribution is -1.97. The van der Waals surface area contributed by atoms with Crippen molar-refractivity contribution in [2.45, 2.75) is 45.1 Å². The molecule has 0 aromatic carbocycles. The molecule has 1 unspecified atom stereocenters. The lowest BCUT2D eigenvalue weighted by atomic mass is 10.1. The first-order valence-corrected chi connectivity index (χ1v) is 4.76. The molecule has 2 N–H and O–H groups in total. The second-order valence-corrected chi connectivity index (χ2v) is 2.98. The highest BCUT2D eigenvalue weighted by atomic mass is 16.3. The van der Waals surface area contributed by atoms with Gasteiger partial charge in [-0.2, -0.15) is 0 Å². The van der Waals surface area contributed by atoms with Crippen LogP contribution in [0.5, 0.6) is 0 Å². The quantitative estimate of drug-likeness (QED) is 0.454. The Balaban J connectivity index is 3.12. The van der Waals surface area contributed by atoms with Gasteiger partial charge in [0.15, 0.2) is 0 Å². The van der Waals surface area contributed by atoms with Gasteiger partial charge in [-0.05, 0) is 25.7 Å². The first-order chi connectivity index (χ1) is 5.81. The number of aliphatic hydroxyl groups is 2. The van der Waals surface area contributed by atoms with Crippen LogP contribution in [-0.2, 0) is 0 Å². The van der Waals surface area contributed by atoms with E-state index in [1.165, 1.54) is 0 Å². The predicted octanol–water partition coefficient (Wildman–Crippen LogP) is 1.87. The molecule has 0 aliphatic heterocycles. The zero-order valence-electron chi connectivity index (χ0n) is 7.87. The average molecular weight is 172 g/mol. The molecule has 0 saturated carbocycles. The van der Waals surface area contributed by atoms with Gasteiger partial charge in [-0.25, -0.2) is 0 Å². The number of rotatable bonds is 7. The summed E-state index contributed by atoms with van der Waals surface area (Å²) in [4.78, 5) is 0. The van der Waals surface area contributed by atoms with E-state index in [9.17, 15) is 0 Å². The monoisotopic (exact) mass is 172 g/mol. The van der Waals surface area contributed by atoms with Gasteiger partial charge < -0.3 is 10.2 Å². The molecule has 72 valence electrons. The summed E-state index contributed by atoms with van der Waals surface area (Å²) < 4.78 is 0. The van der Waals surface area contributed by atoms with Crippen molar-refractivity contribution in [1.29, 1.82) is 0 Å². The van der Waals surface area contributed by atoms with Crippen molar-refractivity contribution in [2.75, 3.05) is 6.61 Å². The van der Waals surface area contributed by atoms with Crippen molar-refractivity contribution in [3.63, 3.8) is 0 Å². The summed E-state index contributed by atoms with van der Waals surface area (Å²) >= 11 is 0. The number of aliphatic hydroxyl groups excluding tert-OH is 2. The fourth-order valence-electron chi connectivity index (χ4n) is 0.940. The third-order valence-corrected chi connectivity index (χ3v) is 1.81. The second-order valence-electron chi connectivity index (χ2n) is 2.98. The highest BCUT2D eigenvalue weighted by molar-refractivity contribution is 4.87. The van der Waals surface area contributed by atoms with E-state index >= 15 is 0 Å². The summed E-state index contributed by atoms with van der Waals surface area (Å²) in [6.07, 6.45) is 8.46. The van der Waals surface area contributed by atoms with Crippen LogP contribution in [0.2, 0.25) is 0 Å². The van der Waals surface area contributed by atoms with Gasteiger partial charge in [0, 0.05) is 6.61 Å². The minimum absolute atomic E-state index is 0.275. The van der Waals surface area contributed by atoms with Crippen LogP contribution in [0, 0.1) is 0 Å². The van der Waals surface area contributed by atoms with Crippen molar-refractivity contribution in [2.24, 2.45) is 0 Å². The number of hydrogen-bond acceptors (Lipinski definition) is 2. The van der Waals surface area contributed by atoms with E-state index in [1.807, 2.05) is 19.1 Å². The molecule has 0 saturated heterocycles. The molecule has 0 rings (SSSR count). The van der Waals surface area contributed by atoms with E-state index in [0.717, 1.165) is 32.1 Å². The highest BCUT2D eigenvalue weighted by Crippen LogP contribution is 2.01. The minimum atomic E-state index is -0.275. The largest absolute Gasteiger partial charge is 0.396 e. The highest BCUT2D eigenvalue weighted by Gasteiger charge is 1.91. The summed E-state index contributed by atoms with van der Waals surface area (Å²) in [6.45, 7) is 2.25. The van der Waals surface area contributed by atoms with Crippen LogP contribution in [0.3, 0.4) is 0 Å². The standard InChI is InChI=1S/C10H20O2/c1-2-10(12)8-6-4-3-5-7-9-11/h6,8,10-12H,2-5,7,9H2,1H3.